The van der Waals surface area contributed by atoms with E-state index in [4.69, 9.17) is 5.10 Å². The third-order valence-corrected chi connectivity index (χ3v) is 4.34. The molecule has 5 rings (SSSR count). The maximum absolute atomic E-state index is 4.75. The first-order valence-corrected chi connectivity index (χ1v) is 8.01. The summed E-state index contributed by atoms with van der Waals surface area (Å²) in [6, 6.07) is 7.98. The quantitative estimate of drug-likeness (QED) is 0.552. The fourth-order valence-corrected chi connectivity index (χ4v) is 3.10. The SMILES string of the molecule is Cn1cc(-c2ccc3ncc(Cc4c[nH]c5ncccc45)n3n2)cn1. The number of aryl methyl sites for hydroxylation is 1. The van der Waals surface area contributed by atoms with Crippen LogP contribution in [0.25, 0.3) is 27.9 Å². The molecule has 0 saturated carbocycles. The minimum atomic E-state index is 0.732. The number of hydrogen-bond acceptors (Lipinski definition) is 4. The number of imidazole rings is 1. The Morgan fingerprint density at radius 2 is 2.08 bits per heavy atom. The molecular formula is C18H15N7. The molecule has 122 valence electrons. The van der Waals surface area contributed by atoms with Crippen LogP contribution in [0, 0.1) is 0 Å². The zero-order chi connectivity index (χ0) is 16.8. The number of nitrogens with one attached hydrogen (secondary N) is 1. The van der Waals surface area contributed by atoms with Gasteiger partial charge in [0.25, 0.3) is 0 Å². The predicted octanol–water partition coefficient (Wildman–Crippen LogP) is 2.60. The van der Waals surface area contributed by atoms with Crippen molar-refractivity contribution in [1.82, 2.24) is 34.3 Å². The van der Waals surface area contributed by atoms with Gasteiger partial charge in [0.05, 0.1) is 23.8 Å². The third kappa shape index (κ3) is 2.28. The summed E-state index contributed by atoms with van der Waals surface area (Å²) in [5.41, 5.74) is 5.81. The summed E-state index contributed by atoms with van der Waals surface area (Å²) >= 11 is 0. The molecule has 5 aromatic rings. The molecule has 7 heteroatoms. The van der Waals surface area contributed by atoms with Crippen LogP contribution < -0.4 is 0 Å². The molecule has 0 aromatic carbocycles. The van der Waals surface area contributed by atoms with Gasteiger partial charge in [-0.2, -0.15) is 10.2 Å². The van der Waals surface area contributed by atoms with Crippen molar-refractivity contribution in [3.05, 3.63) is 66.5 Å². The Morgan fingerprint density at radius 1 is 1.12 bits per heavy atom. The molecule has 5 aromatic heterocycles. The van der Waals surface area contributed by atoms with E-state index in [-0.39, 0.29) is 0 Å². The Morgan fingerprint density at radius 3 is 2.96 bits per heavy atom. The number of aromatic amines is 1. The first kappa shape index (κ1) is 13.9. The summed E-state index contributed by atoms with van der Waals surface area (Å²) in [7, 11) is 1.90. The van der Waals surface area contributed by atoms with Crippen LogP contribution in [0.4, 0.5) is 0 Å². The van der Waals surface area contributed by atoms with E-state index in [0.29, 0.717) is 0 Å². The van der Waals surface area contributed by atoms with Gasteiger partial charge in [-0.25, -0.2) is 14.5 Å². The van der Waals surface area contributed by atoms with Crippen molar-refractivity contribution < 1.29 is 0 Å². The zero-order valence-electron chi connectivity index (χ0n) is 13.6. The van der Waals surface area contributed by atoms with Crippen molar-refractivity contribution in [3.8, 4) is 11.3 Å². The first-order valence-electron chi connectivity index (χ1n) is 8.01. The van der Waals surface area contributed by atoms with E-state index in [2.05, 4.69) is 26.1 Å². The molecule has 0 atom stereocenters. The second-order valence-electron chi connectivity index (χ2n) is 6.03. The topological polar surface area (TPSA) is 76.7 Å². The van der Waals surface area contributed by atoms with Crippen molar-refractivity contribution in [3.63, 3.8) is 0 Å². The van der Waals surface area contributed by atoms with Gasteiger partial charge in [-0.3, -0.25) is 4.68 Å². The Hall–Kier alpha value is -3.48. The molecule has 1 N–H and O–H groups in total. The van der Waals surface area contributed by atoms with Gasteiger partial charge in [0.15, 0.2) is 5.65 Å². The van der Waals surface area contributed by atoms with Gasteiger partial charge in [-0.05, 0) is 29.8 Å². The standard InChI is InChI=1S/C18H15N7/c1-24-11-13(9-22-24)16-4-5-17-20-10-14(25(17)23-16)7-12-8-21-18-15(12)3-2-6-19-18/h2-6,8-11H,7H2,1H3,(H,19,21). The molecule has 7 nitrogen and oxygen atoms in total. The minimum Gasteiger partial charge on any atom is -0.346 e. The minimum absolute atomic E-state index is 0.732. The number of nitrogens with zero attached hydrogens (tertiary/aromatic N) is 6. The highest BCUT2D eigenvalue weighted by Gasteiger charge is 2.11. The second kappa shape index (κ2) is 5.27. The number of hydrogen-bond donors (Lipinski definition) is 1. The lowest BCUT2D eigenvalue weighted by molar-refractivity contribution is 0.768. The molecule has 0 bridgehead atoms. The van der Waals surface area contributed by atoms with Crippen LogP contribution in [0.2, 0.25) is 0 Å². The molecule has 0 aliphatic carbocycles. The van der Waals surface area contributed by atoms with Crippen molar-refractivity contribution in [1.29, 1.82) is 0 Å². The van der Waals surface area contributed by atoms with Gasteiger partial charge < -0.3 is 4.98 Å². The lowest BCUT2D eigenvalue weighted by Crippen LogP contribution is -2.00. The Bertz CT molecular complexity index is 1190. The van der Waals surface area contributed by atoms with Crippen molar-refractivity contribution >= 4 is 16.7 Å². The Labute approximate surface area is 143 Å². The largest absolute Gasteiger partial charge is 0.346 e. The van der Waals surface area contributed by atoms with Crippen LogP contribution in [0.5, 0.6) is 0 Å². The van der Waals surface area contributed by atoms with E-state index in [1.807, 2.05) is 54.5 Å². The molecule has 0 radical (unpaired) electrons. The second-order valence-corrected chi connectivity index (χ2v) is 6.03. The normalized spacial score (nSPS) is 11.6. The van der Waals surface area contributed by atoms with Crippen molar-refractivity contribution in [2.45, 2.75) is 6.42 Å². The Kier molecular flexibility index (Phi) is 2.93. The van der Waals surface area contributed by atoms with E-state index in [1.54, 1.807) is 10.9 Å². The summed E-state index contributed by atoms with van der Waals surface area (Å²) in [4.78, 5) is 12.0. The summed E-state index contributed by atoms with van der Waals surface area (Å²) in [6.07, 6.45) is 10.2. The Balaban J connectivity index is 1.59. The van der Waals surface area contributed by atoms with Gasteiger partial charge >= 0.3 is 0 Å². The molecule has 0 unspecified atom stereocenters. The highest BCUT2D eigenvalue weighted by molar-refractivity contribution is 5.79. The van der Waals surface area contributed by atoms with E-state index in [9.17, 15) is 0 Å². The highest BCUT2D eigenvalue weighted by Crippen LogP contribution is 2.21. The molecule has 0 amide bonds. The number of fused-ring (bicyclic) bond motifs is 2. The van der Waals surface area contributed by atoms with Gasteiger partial charge in [0.2, 0.25) is 0 Å². The maximum atomic E-state index is 4.75. The molecule has 0 saturated heterocycles. The number of pyridine rings is 1. The molecule has 25 heavy (non-hydrogen) atoms. The smallest absolute Gasteiger partial charge is 0.153 e. The monoisotopic (exact) mass is 329 g/mol. The van der Waals surface area contributed by atoms with Crippen molar-refractivity contribution in [2.75, 3.05) is 0 Å². The molecule has 0 aliphatic heterocycles. The van der Waals surface area contributed by atoms with E-state index < -0.39 is 0 Å². The van der Waals surface area contributed by atoms with Crippen LogP contribution >= 0.6 is 0 Å². The molecule has 0 spiro atoms. The number of aromatic nitrogens is 7. The van der Waals surface area contributed by atoms with Gasteiger partial charge in [0, 0.05) is 43.0 Å². The highest BCUT2D eigenvalue weighted by atomic mass is 15.3. The van der Waals surface area contributed by atoms with E-state index >= 15 is 0 Å². The zero-order valence-corrected chi connectivity index (χ0v) is 13.6. The summed E-state index contributed by atoms with van der Waals surface area (Å²) in [6.45, 7) is 0. The average Bonchev–Trinajstić information content (AvgIpc) is 3.35. The van der Waals surface area contributed by atoms with E-state index in [0.717, 1.165) is 40.1 Å². The summed E-state index contributed by atoms with van der Waals surface area (Å²) in [5, 5.41) is 10.1. The summed E-state index contributed by atoms with van der Waals surface area (Å²) < 4.78 is 3.67. The first-order chi connectivity index (χ1) is 12.3. The lowest BCUT2D eigenvalue weighted by atomic mass is 10.1. The fourth-order valence-electron chi connectivity index (χ4n) is 3.10. The number of rotatable bonds is 3. The van der Waals surface area contributed by atoms with Gasteiger partial charge in [-0.15, -0.1) is 0 Å². The summed E-state index contributed by atoms with van der Waals surface area (Å²) in [5.74, 6) is 0. The maximum Gasteiger partial charge on any atom is 0.153 e. The van der Waals surface area contributed by atoms with Crippen LogP contribution in [-0.2, 0) is 13.5 Å². The van der Waals surface area contributed by atoms with Crippen LogP contribution in [0.15, 0.2) is 55.2 Å². The fraction of sp³-hybridized carbons (Fsp3) is 0.111. The van der Waals surface area contributed by atoms with Gasteiger partial charge in [0.1, 0.15) is 5.65 Å². The molecule has 5 heterocycles. The van der Waals surface area contributed by atoms with E-state index in [1.165, 1.54) is 5.56 Å². The average molecular weight is 329 g/mol. The van der Waals surface area contributed by atoms with Crippen LogP contribution in [-0.4, -0.2) is 34.3 Å². The predicted molar refractivity (Wildman–Crippen MR) is 94.1 cm³/mol. The molecule has 0 fully saturated rings. The van der Waals surface area contributed by atoms with Gasteiger partial charge in [-0.1, -0.05) is 0 Å². The lowest BCUT2D eigenvalue weighted by Gasteiger charge is -2.03. The molecule has 0 aliphatic rings. The molecular weight excluding hydrogens is 314 g/mol. The van der Waals surface area contributed by atoms with Crippen LogP contribution in [0.3, 0.4) is 0 Å². The van der Waals surface area contributed by atoms with Crippen LogP contribution in [0.1, 0.15) is 11.3 Å². The van der Waals surface area contributed by atoms with Crippen molar-refractivity contribution in [2.24, 2.45) is 7.05 Å². The third-order valence-electron chi connectivity index (χ3n) is 4.34. The number of H-pyrrole nitrogens is 1.